The predicted molar refractivity (Wildman–Crippen MR) is 113 cm³/mol. The average Bonchev–Trinajstić information content (AvgIpc) is 2.67. The summed E-state index contributed by atoms with van der Waals surface area (Å²) in [6.07, 6.45) is 1.59. The molecule has 2 aromatic carbocycles. The molecule has 1 heterocycles. The SMILES string of the molecule is CC(C)Oc1ccc(CNC(=O)CCCN2CCSc3ccccc32)cc1. The molecule has 0 fully saturated rings. The Kier molecular flexibility index (Phi) is 7.04. The largest absolute Gasteiger partial charge is 0.491 e. The predicted octanol–water partition coefficient (Wildman–Crippen LogP) is 4.48. The fraction of sp³-hybridized carbons (Fsp3) is 0.409. The second-order valence-electron chi connectivity index (χ2n) is 6.99. The van der Waals surface area contributed by atoms with Crippen molar-refractivity contribution in [3.63, 3.8) is 0 Å². The molecule has 0 spiro atoms. The molecule has 1 aliphatic heterocycles. The number of benzene rings is 2. The van der Waals surface area contributed by atoms with E-state index < -0.39 is 0 Å². The molecule has 2 aromatic rings. The molecule has 0 aromatic heterocycles. The topological polar surface area (TPSA) is 41.6 Å². The van der Waals surface area contributed by atoms with Gasteiger partial charge in [-0.3, -0.25) is 4.79 Å². The fourth-order valence-corrected chi connectivity index (χ4v) is 4.19. The zero-order chi connectivity index (χ0) is 19.1. The van der Waals surface area contributed by atoms with Gasteiger partial charge in [0.1, 0.15) is 5.75 Å². The maximum Gasteiger partial charge on any atom is 0.220 e. The maximum atomic E-state index is 12.2. The molecule has 4 nitrogen and oxygen atoms in total. The Balaban J connectivity index is 1.39. The molecule has 0 aliphatic carbocycles. The lowest BCUT2D eigenvalue weighted by Gasteiger charge is -2.30. The minimum absolute atomic E-state index is 0.108. The number of thioether (sulfide) groups is 1. The van der Waals surface area contributed by atoms with Gasteiger partial charge in [-0.2, -0.15) is 0 Å². The Bertz CT molecular complexity index is 746. The van der Waals surface area contributed by atoms with Crippen LogP contribution in [0.2, 0.25) is 0 Å². The van der Waals surface area contributed by atoms with Crippen molar-refractivity contribution in [2.45, 2.75) is 44.2 Å². The lowest BCUT2D eigenvalue weighted by molar-refractivity contribution is -0.121. The lowest BCUT2D eigenvalue weighted by Crippen LogP contribution is -2.31. The van der Waals surface area contributed by atoms with Gasteiger partial charge in [-0.05, 0) is 50.1 Å². The van der Waals surface area contributed by atoms with Crippen molar-refractivity contribution in [3.8, 4) is 5.75 Å². The van der Waals surface area contributed by atoms with Crippen LogP contribution in [-0.2, 0) is 11.3 Å². The maximum absolute atomic E-state index is 12.2. The van der Waals surface area contributed by atoms with E-state index in [1.54, 1.807) is 0 Å². The molecule has 27 heavy (non-hydrogen) atoms. The van der Waals surface area contributed by atoms with Crippen LogP contribution in [0.25, 0.3) is 0 Å². The Morgan fingerprint density at radius 2 is 1.96 bits per heavy atom. The van der Waals surface area contributed by atoms with Gasteiger partial charge in [0.2, 0.25) is 5.91 Å². The summed E-state index contributed by atoms with van der Waals surface area (Å²) < 4.78 is 5.64. The minimum atomic E-state index is 0.108. The van der Waals surface area contributed by atoms with Crippen LogP contribution in [0, 0.1) is 0 Å². The summed E-state index contributed by atoms with van der Waals surface area (Å²) in [7, 11) is 0. The third-order valence-electron chi connectivity index (χ3n) is 4.44. The van der Waals surface area contributed by atoms with E-state index in [2.05, 4.69) is 34.5 Å². The number of carbonyl (C=O) groups is 1. The summed E-state index contributed by atoms with van der Waals surface area (Å²) in [6.45, 7) is 6.55. The van der Waals surface area contributed by atoms with Crippen LogP contribution in [0.4, 0.5) is 5.69 Å². The molecule has 0 unspecified atom stereocenters. The first-order chi connectivity index (χ1) is 13.1. The Labute approximate surface area is 166 Å². The van der Waals surface area contributed by atoms with Gasteiger partial charge < -0.3 is 15.0 Å². The van der Waals surface area contributed by atoms with Gasteiger partial charge in [0, 0.05) is 36.7 Å². The molecular weight excluding hydrogens is 356 g/mol. The first-order valence-electron chi connectivity index (χ1n) is 9.61. The lowest BCUT2D eigenvalue weighted by atomic mass is 10.2. The number of anilines is 1. The molecule has 1 amide bonds. The van der Waals surface area contributed by atoms with Crippen molar-refractivity contribution in [3.05, 3.63) is 54.1 Å². The molecule has 5 heteroatoms. The third-order valence-corrected chi connectivity index (χ3v) is 5.48. The molecule has 0 atom stereocenters. The van der Waals surface area contributed by atoms with E-state index in [0.717, 1.165) is 36.6 Å². The Morgan fingerprint density at radius 3 is 2.74 bits per heavy atom. The van der Waals surface area contributed by atoms with Crippen molar-refractivity contribution in [1.82, 2.24) is 5.32 Å². The Morgan fingerprint density at radius 1 is 1.19 bits per heavy atom. The second-order valence-corrected chi connectivity index (χ2v) is 8.13. The fourth-order valence-electron chi connectivity index (χ4n) is 3.14. The summed E-state index contributed by atoms with van der Waals surface area (Å²) >= 11 is 1.91. The summed E-state index contributed by atoms with van der Waals surface area (Å²) in [4.78, 5) is 15.9. The normalized spacial score (nSPS) is 13.4. The average molecular weight is 385 g/mol. The Hall–Kier alpha value is -2.14. The number of nitrogens with zero attached hydrogens (tertiary/aromatic N) is 1. The highest BCUT2D eigenvalue weighted by atomic mass is 32.2. The molecule has 1 N–H and O–H groups in total. The van der Waals surface area contributed by atoms with Gasteiger partial charge in [-0.25, -0.2) is 0 Å². The number of nitrogens with one attached hydrogen (secondary N) is 1. The number of rotatable bonds is 8. The van der Waals surface area contributed by atoms with Crippen molar-refractivity contribution in [1.29, 1.82) is 0 Å². The molecule has 1 aliphatic rings. The van der Waals surface area contributed by atoms with E-state index in [1.165, 1.54) is 10.6 Å². The van der Waals surface area contributed by atoms with Crippen molar-refractivity contribution in [2.24, 2.45) is 0 Å². The van der Waals surface area contributed by atoms with Crippen LogP contribution in [0.3, 0.4) is 0 Å². The van der Waals surface area contributed by atoms with Gasteiger partial charge >= 0.3 is 0 Å². The number of hydrogen-bond acceptors (Lipinski definition) is 4. The van der Waals surface area contributed by atoms with Gasteiger partial charge in [0.05, 0.1) is 11.8 Å². The molecular formula is C22H28N2O2S. The summed E-state index contributed by atoms with van der Waals surface area (Å²) in [6, 6.07) is 16.4. The highest BCUT2D eigenvalue weighted by Gasteiger charge is 2.16. The number of ether oxygens (including phenoxy) is 1. The van der Waals surface area contributed by atoms with Crippen LogP contribution in [-0.4, -0.2) is 30.9 Å². The molecule has 0 saturated carbocycles. The van der Waals surface area contributed by atoms with Crippen LogP contribution >= 0.6 is 11.8 Å². The summed E-state index contributed by atoms with van der Waals surface area (Å²) in [5, 5.41) is 3.01. The summed E-state index contributed by atoms with van der Waals surface area (Å²) in [5.74, 6) is 2.08. The molecule has 0 bridgehead atoms. The highest BCUT2D eigenvalue weighted by Crippen LogP contribution is 2.34. The highest BCUT2D eigenvalue weighted by molar-refractivity contribution is 7.99. The number of hydrogen-bond donors (Lipinski definition) is 1. The van der Waals surface area contributed by atoms with Gasteiger partial charge in [0.25, 0.3) is 0 Å². The number of fused-ring (bicyclic) bond motifs is 1. The first kappa shape index (κ1) is 19.6. The van der Waals surface area contributed by atoms with Crippen molar-refractivity contribution < 1.29 is 9.53 Å². The monoisotopic (exact) mass is 384 g/mol. The first-order valence-corrected chi connectivity index (χ1v) is 10.6. The minimum Gasteiger partial charge on any atom is -0.491 e. The standard InChI is InChI=1S/C22H28N2O2S/c1-17(2)26-19-11-9-18(10-12-19)16-23-22(25)8-5-13-24-14-15-27-21-7-4-3-6-20(21)24/h3-4,6-7,9-12,17H,5,8,13-16H2,1-2H3,(H,23,25). The van der Waals surface area contributed by atoms with Crippen molar-refractivity contribution >= 4 is 23.4 Å². The van der Waals surface area contributed by atoms with E-state index in [4.69, 9.17) is 4.74 Å². The zero-order valence-electron chi connectivity index (χ0n) is 16.1. The van der Waals surface area contributed by atoms with Crippen LogP contribution in [0.1, 0.15) is 32.3 Å². The van der Waals surface area contributed by atoms with E-state index in [0.29, 0.717) is 13.0 Å². The van der Waals surface area contributed by atoms with Crippen LogP contribution in [0.5, 0.6) is 5.75 Å². The third kappa shape index (κ3) is 5.93. The molecule has 0 saturated heterocycles. The van der Waals surface area contributed by atoms with E-state index in [1.807, 2.05) is 49.9 Å². The molecule has 0 radical (unpaired) electrons. The zero-order valence-corrected chi connectivity index (χ0v) is 16.9. The van der Waals surface area contributed by atoms with Gasteiger partial charge in [0.15, 0.2) is 0 Å². The van der Waals surface area contributed by atoms with E-state index in [-0.39, 0.29) is 12.0 Å². The van der Waals surface area contributed by atoms with Crippen LogP contribution < -0.4 is 15.0 Å². The molecule has 3 rings (SSSR count). The van der Waals surface area contributed by atoms with Crippen molar-refractivity contribution in [2.75, 3.05) is 23.7 Å². The van der Waals surface area contributed by atoms with Gasteiger partial charge in [-0.15, -0.1) is 11.8 Å². The number of amides is 1. The van der Waals surface area contributed by atoms with E-state index in [9.17, 15) is 4.79 Å². The van der Waals surface area contributed by atoms with Crippen LogP contribution in [0.15, 0.2) is 53.4 Å². The second kappa shape index (κ2) is 9.70. The number of carbonyl (C=O) groups excluding carboxylic acids is 1. The molecule has 144 valence electrons. The smallest absolute Gasteiger partial charge is 0.220 e. The summed E-state index contributed by atoms with van der Waals surface area (Å²) in [5.41, 5.74) is 2.39. The quantitative estimate of drug-likeness (QED) is 0.728. The number of para-hydroxylation sites is 1. The van der Waals surface area contributed by atoms with E-state index >= 15 is 0 Å². The van der Waals surface area contributed by atoms with Gasteiger partial charge in [-0.1, -0.05) is 24.3 Å².